The normalized spacial score (nSPS) is 12.4. The molecule has 5 heteroatoms. The lowest BCUT2D eigenvalue weighted by molar-refractivity contribution is 0.336. The summed E-state index contributed by atoms with van der Waals surface area (Å²) in [4.78, 5) is 0.128. The Bertz CT molecular complexity index is 495. The fourth-order valence-electron chi connectivity index (χ4n) is 1.60. The SMILES string of the molecule is CCCCCC(CC)=NOS(=O)(=O)c1ccccc1. The summed E-state index contributed by atoms with van der Waals surface area (Å²) in [5.41, 5.74) is 0.785. The average molecular weight is 283 g/mol. The minimum Gasteiger partial charge on any atom is -0.265 e. The molecule has 0 heterocycles. The molecule has 0 saturated heterocycles. The third kappa shape index (κ3) is 5.42. The van der Waals surface area contributed by atoms with Crippen molar-refractivity contribution in [2.75, 3.05) is 0 Å². The van der Waals surface area contributed by atoms with Crippen molar-refractivity contribution in [1.82, 2.24) is 0 Å². The predicted octanol–water partition coefficient (Wildman–Crippen LogP) is 3.74. The lowest BCUT2D eigenvalue weighted by Gasteiger charge is -2.04. The van der Waals surface area contributed by atoms with Crippen molar-refractivity contribution >= 4 is 15.8 Å². The largest absolute Gasteiger partial charge is 0.358 e. The van der Waals surface area contributed by atoms with Crippen LogP contribution in [0.3, 0.4) is 0 Å². The maximum Gasteiger partial charge on any atom is 0.358 e. The summed E-state index contributed by atoms with van der Waals surface area (Å²) in [6, 6.07) is 8.05. The monoisotopic (exact) mass is 283 g/mol. The van der Waals surface area contributed by atoms with Crippen LogP contribution in [0.25, 0.3) is 0 Å². The molecule has 0 N–H and O–H groups in total. The van der Waals surface area contributed by atoms with Gasteiger partial charge in [-0.05, 0) is 31.4 Å². The third-order valence-corrected chi connectivity index (χ3v) is 3.89. The molecule has 0 aliphatic heterocycles. The zero-order chi connectivity index (χ0) is 14.1. The van der Waals surface area contributed by atoms with Crippen LogP contribution in [0.5, 0.6) is 0 Å². The number of benzene rings is 1. The second-order valence-electron chi connectivity index (χ2n) is 4.31. The number of nitrogens with zero attached hydrogens (tertiary/aromatic N) is 1. The Kier molecular flexibility index (Phi) is 6.56. The summed E-state index contributed by atoms with van der Waals surface area (Å²) < 4.78 is 28.5. The zero-order valence-electron chi connectivity index (χ0n) is 11.5. The van der Waals surface area contributed by atoms with Crippen LogP contribution in [0.2, 0.25) is 0 Å². The molecular formula is C14H21NO3S. The molecule has 0 atom stereocenters. The van der Waals surface area contributed by atoms with Crippen molar-refractivity contribution in [3.05, 3.63) is 30.3 Å². The van der Waals surface area contributed by atoms with Gasteiger partial charge in [-0.25, -0.2) is 0 Å². The van der Waals surface area contributed by atoms with E-state index in [1.165, 1.54) is 12.1 Å². The number of unbranched alkanes of at least 4 members (excludes halogenated alkanes) is 2. The second-order valence-corrected chi connectivity index (χ2v) is 5.84. The number of oxime groups is 1. The summed E-state index contributed by atoms with van der Waals surface area (Å²) >= 11 is 0. The average Bonchev–Trinajstić information content (AvgIpc) is 2.43. The Morgan fingerprint density at radius 3 is 2.42 bits per heavy atom. The van der Waals surface area contributed by atoms with E-state index in [1.54, 1.807) is 18.2 Å². The van der Waals surface area contributed by atoms with Gasteiger partial charge in [-0.3, -0.25) is 4.28 Å². The van der Waals surface area contributed by atoms with Crippen LogP contribution < -0.4 is 0 Å². The fourth-order valence-corrected chi connectivity index (χ4v) is 2.38. The van der Waals surface area contributed by atoms with Gasteiger partial charge in [0.25, 0.3) is 0 Å². The molecule has 19 heavy (non-hydrogen) atoms. The Labute approximate surface area is 115 Å². The summed E-state index contributed by atoms with van der Waals surface area (Å²) in [7, 11) is -3.78. The van der Waals surface area contributed by atoms with E-state index in [1.807, 2.05) is 6.92 Å². The molecule has 0 aliphatic rings. The number of hydrogen-bond acceptors (Lipinski definition) is 4. The summed E-state index contributed by atoms with van der Waals surface area (Å²) in [5, 5.41) is 3.79. The highest BCUT2D eigenvalue weighted by Crippen LogP contribution is 2.13. The maximum atomic E-state index is 11.9. The first kappa shape index (κ1) is 15.7. The molecule has 0 spiro atoms. The molecule has 0 aliphatic carbocycles. The molecule has 0 saturated carbocycles. The minimum atomic E-state index is -3.78. The van der Waals surface area contributed by atoms with E-state index < -0.39 is 10.1 Å². The number of rotatable bonds is 8. The standard InChI is InChI=1S/C14H21NO3S/c1-3-5-7-10-13(4-2)15-18-19(16,17)14-11-8-6-9-12-14/h6,8-9,11-12H,3-5,7,10H2,1-2H3. The van der Waals surface area contributed by atoms with E-state index in [-0.39, 0.29) is 4.90 Å². The highest BCUT2D eigenvalue weighted by Gasteiger charge is 2.15. The predicted molar refractivity (Wildman–Crippen MR) is 76.6 cm³/mol. The van der Waals surface area contributed by atoms with Crippen LogP contribution in [0.15, 0.2) is 40.4 Å². The van der Waals surface area contributed by atoms with Crippen molar-refractivity contribution in [3.63, 3.8) is 0 Å². The van der Waals surface area contributed by atoms with Crippen molar-refractivity contribution in [2.24, 2.45) is 5.16 Å². The topological polar surface area (TPSA) is 55.7 Å². The first-order valence-corrected chi connectivity index (χ1v) is 8.05. The van der Waals surface area contributed by atoms with Gasteiger partial charge in [0, 0.05) is 0 Å². The first-order chi connectivity index (χ1) is 9.10. The summed E-state index contributed by atoms with van der Waals surface area (Å²) in [6.45, 7) is 4.07. The van der Waals surface area contributed by atoms with Gasteiger partial charge in [0.1, 0.15) is 4.90 Å². The van der Waals surface area contributed by atoms with Gasteiger partial charge in [-0.2, -0.15) is 8.42 Å². The van der Waals surface area contributed by atoms with Crippen LogP contribution in [0.4, 0.5) is 0 Å². The smallest absolute Gasteiger partial charge is 0.265 e. The highest BCUT2D eigenvalue weighted by molar-refractivity contribution is 7.86. The van der Waals surface area contributed by atoms with E-state index in [0.29, 0.717) is 6.42 Å². The van der Waals surface area contributed by atoms with Crippen LogP contribution in [-0.2, 0) is 14.4 Å². The van der Waals surface area contributed by atoms with E-state index in [2.05, 4.69) is 12.1 Å². The Hall–Kier alpha value is -1.36. The van der Waals surface area contributed by atoms with Gasteiger partial charge in [0.2, 0.25) is 0 Å². The Morgan fingerprint density at radius 1 is 1.16 bits per heavy atom. The molecule has 1 aromatic rings. The molecule has 1 aromatic carbocycles. The molecule has 0 bridgehead atoms. The minimum absolute atomic E-state index is 0.128. The van der Waals surface area contributed by atoms with Crippen LogP contribution in [0.1, 0.15) is 46.0 Å². The van der Waals surface area contributed by atoms with Crippen molar-refractivity contribution in [3.8, 4) is 0 Å². The first-order valence-electron chi connectivity index (χ1n) is 6.64. The lowest BCUT2D eigenvalue weighted by atomic mass is 10.1. The molecule has 4 nitrogen and oxygen atoms in total. The van der Waals surface area contributed by atoms with E-state index in [9.17, 15) is 8.42 Å². The van der Waals surface area contributed by atoms with Crippen LogP contribution >= 0.6 is 0 Å². The molecule has 0 unspecified atom stereocenters. The Balaban J connectivity index is 2.67. The van der Waals surface area contributed by atoms with Gasteiger partial charge in [0.05, 0.1) is 5.71 Å². The maximum absolute atomic E-state index is 11.9. The lowest BCUT2D eigenvalue weighted by Crippen LogP contribution is -2.05. The van der Waals surface area contributed by atoms with Gasteiger partial charge in [-0.15, -0.1) is 0 Å². The van der Waals surface area contributed by atoms with Gasteiger partial charge in [-0.1, -0.05) is 50.0 Å². The zero-order valence-corrected chi connectivity index (χ0v) is 12.3. The molecular weight excluding hydrogens is 262 g/mol. The van der Waals surface area contributed by atoms with E-state index in [0.717, 1.165) is 31.4 Å². The quantitative estimate of drug-likeness (QED) is 0.415. The molecule has 106 valence electrons. The van der Waals surface area contributed by atoms with Crippen molar-refractivity contribution in [2.45, 2.75) is 50.8 Å². The van der Waals surface area contributed by atoms with Crippen LogP contribution in [-0.4, -0.2) is 14.1 Å². The van der Waals surface area contributed by atoms with Crippen molar-refractivity contribution in [1.29, 1.82) is 0 Å². The third-order valence-electron chi connectivity index (χ3n) is 2.77. The molecule has 0 fully saturated rings. The van der Waals surface area contributed by atoms with Gasteiger partial charge < -0.3 is 0 Å². The Morgan fingerprint density at radius 2 is 1.84 bits per heavy atom. The molecule has 1 rings (SSSR count). The summed E-state index contributed by atoms with van der Waals surface area (Å²) in [6.07, 6.45) is 4.74. The number of hydrogen-bond donors (Lipinski definition) is 0. The molecule has 0 aromatic heterocycles. The van der Waals surface area contributed by atoms with Crippen LogP contribution in [0, 0.1) is 0 Å². The van der Waals surface area contributed by atoms with E-state index >= 15 is 0 Å². The second kappa shape index (κ2) is 7.94. The van der Waals surface area contributed by atoms with E-state index in [4.69, 9.17) is 4.28 Å². The van der Waals surface area contributed by atoms with Gasteiger partial charge >= 0.3 is 10.1 Å². The highest BCUT2D eigenvalue weighted by atomic mass is 32.2. The fraction of sp³-hybridized carbons (Fsp3) is 0.500. The van der Waals surface area contributed by atoms with Crippen molar-refractivity contribution < 1.29 is 12.7 Å². The molecule has 0 radical (unpaired) electrons. The molecule has 0 amide bonds. The summed E-state index contributed by atoms with van der Waals surface area (Å²) in [5.74, 6) is 0. The van der Waals surface area contributed by atoms with Gasteiger partial charge in [0.15, 0.2) is 0 Å².